The number of benzene rings is 2. The van der Waals surface area contributed by atoms with Crippen molar-refractivity contribution in [2.75, 3.05) is 23.4 Å². The molecule has 0 spiro atoms. The van der Waals surface area contributed by atoms with E-state index in [0.717, 1.165) is 4.90 Å². The summed E-state index contributed by atoms with van der Waals surface area (Å²) in [4.78, 5) is 50.8. The van der Waals surface area contributed by atoms with Gasteiger partial charge in [0.25, 0.3) is 0 Å². The number of nitrogens with one attached hydrogen (secondary N) is 2. The fraction of sp³-hybridized carbons (Fsp3) is 0.200. The number of hydrogen-bond acceptors (Lipinski definition) is 5. The number of amides is 4. The fourth-order valence-corrected chi connectivity index (χ4v) is 2.98. The molecule has 0 saturated carbocycles. The van der Waals surface area contributed by atoms with Crippen LogP contribution in [-0.4, -0.2) is 37.0 Å². The average Bonchev–Trinajstić information content (AvgIpc) is 2.70. The van der Waals surface area contributed by atoms with Crippen molar-refractivity contribution in [1.82, 2.24) is 5.32 Å². The first-order chi connectivity index (χ1) is 13.9. The Balaban J connectivity index is 1.81. The van der Waals surface area contributed by atoms with Gasteiger partial charge in [0.1, 0.15) is 5.92 Å². The third kappa shape index (κ3) is 4.38. The molecular weight excluding hydrogens is 398 g/mol. The van der Waals surface area contributed by atoms with E-state index in [2.05, 4.69) is 10.6 Å². The molecule has 1 heterocycles. The van der Waals surface area contributed by atoms with E-state index in [4.69, 9.17) is 16.3 Å². The number of imide groups is 1. The Labute approximate surface area is 171 Å². The van der Waals surface area contributed by atoms with Gasteiger partial charge in [-0.05, 0) is 43.3 Å². The van der Waals surface area contributed by atoms with Gasteiger partial charge in [0.2, 0.25) is 11.8 Å². The minimum atomic E-state index is -1.17. The Bertz CT molecular complexity index is 961. The van der Waals surface area contributed by atoms with E-state index < -0.39 is 29.7 Å². The second kappa shape index (κ2) is 8.74. The smallest absolute Gasteiger partial charge is 0.340 e. The molecule has 2 aromatic carbocycles. The Hall–Kier alpha value is -3.39. The molecule has 9 heteroatoms. The maximum atomic E-state index is 12.9. The Kier molecular flexibility index (Phi) is 6.13. The fourth-order valence-electron chi connectivity index (χ4n) is 2.85. The van der Waals surface area contributed by atoms with E-state index in [0.29, 0.717) is 10.7 Å². The topological polar surface area (TPSA) is 105 Å². The normalized spacial score (nSPS) is 16.2. The molecule has 0 bridgehead atoms. The molecule has 0 radical (unpaired) electrons. The molecule has 1 fully saturated rings. The molecule has 1 saturated heterocycles. The number of ether oxygens (including phenoxy) is 1. The first-order valence-corrected chi connectivity index (χ1v) is 9.24. The number of anilines is 2. The van der Waals surface area contributed by atoms with Crippen LogP contribution in [0, 0.1) is 5.92 Å². The molecule has 1 atom stereocenters. The molecule has 4 amide bonds. The van der Waals surface area contributed by atoms with Gasteiger partial charge in [-0.2, -0.15) is 0 Å². The lowest BCUT2D eigenvalue weighted by atomic mass is 10.0. The quantitative estimate of drug-likeness (QED) is 0.577. The summed E-state index contributed by atoms with van der Waals surface area (Å²) in [5.41, 5.74) is 0.685. The van der Waals surface area contributed by atoms with Crippen LogP contribution in [0.4, 0.5) is 16.2 Å². The zero-order valence-electron chi connectivity index (χ0n) is 15.5. The van der Waals surface area contributed by atoms with E-state index in [1.54, 1.807) is 19.1 Å². The summed E-state index contributed by atoms with van der Waals surface area (Å²) in [5.74, 6) is -3.08. The largest absolute Gasteiger partial charge is 0.462 e. The van der Waals surface area contributed by atoms with Crippen molar-refractivity contribution in [2.45, 2.75) is 6.92 Å². The Morgan fingerprint density at radius 1 is 1.17 bits per heavy atom. The van der Waals surface area contributed by atoms with Crippen molar-refractivity contribution in [1.29, 1.82) is 0 Å². The molecule has 2 aromatic rings. The molecule has 1 unspecified atom stereocenters. The number of esters is 1. The average molecular weight is 416 g/mol. The summed E-state index contributed by atoms with van der Waals surface area (Å²) in [5, 5.41) is 5.56. The van der Waals surface area contributed by atoms with Gasteiger partial charge in [-0.3, -0.25) is 9.59 Å². The van der Waals surface area contributed by atoms with Gasteiger partial charge in [-0.15, -0.1) is 0 Å². The van der Waals surface area contributed by atoms with Crippen LogP contribution < -0.4 is 15.5 Å². The highest BCUT2D eigenvalue weighted by Gasteiger charge is 2.39. The standard InChI is InChI=1S/C20H18ClN3O5/c1-2-29-19(27)14-5-3-4-6-16(14)23-17(25)15-11-22-20(28)24(18(15)26)13-9-7-12(21)8-10-13/h3-10,15H,2,11H2,1H3,(H,22,28)(H,23,25). The summed E-state index contributed by atoms with van der Waals surface area (Å²) in [6, 6.07) is 11.8. The van der Waals surface area contributed by atoms with Crippen LogP contribution in [0.3, 0.4) is 0 Å². The van der Waals surface area contributed by atoms with E-state index >= 15 is 0 Å². The number of carbonyl (C=O) groups excluding carboxylic acids is 4. The van der Waals surface area contributed by atoms with Gasteiger partial charge in [0.05, 0.1) is 23.5 Å². The van der Waals surface area contributed by atoms with Gasteiger partial charge >= 0.3 is 12.0 Å². The summed E-state index contributed by atoms with van der Waals surface area (Å²) in [6.07, 6.45) is 0. The van der Waals surface area contributed by atoms with Crippen LogP contribution in [0.2, 0.25) is 5.02 Å². The SMILES string of the molecule is CCOC(=O)c1ccccc1NC(=O)C1CNC(=O)N(c2ccc(Cl)cc2)C1=O. The number of halogens is 1. The summed E-state index contributed by atoms with van der Waals surface area (Å²) in [7, 11) is 0. The number of para-hydroxylation sites is 1. The highest BCUT2D eigenvalue weighted by Crippen LogP contribution is 2.24. The molecule has 3 rings (SSSR count). The lowest BCUT2D eigenvalue weighted by Gasteiger charge is -2.30. The monoisotopic (exact) mass is 415 g/mol. The molecule has 0 aromatic heterocycles. The first kappa shape index (κ1) is 20.3. The maximum absolute atomic E-state index is 12.9. The zero-order chi connectivity index (χ0) is 21.0. The molecule has 29 heavy (non-hydrogen) atoms. The van der Waals surface area contributed by atoms with Crippen LogP contribution in [0.25, 0.3) is 0 Å². The van der Waals surface area contributed by atoms with Gasteiger partial charge < -0.3 is 15.4 Å². The number of carbonyl (C=O) groups is 4. The molecule has 8 nitrogen and oxygen atoms in total. The third-order valence-electron chi connectivity index (χ3n) is 4.26. The van der Waals surface area contributed by atoms with Crippen LogP contribution in [0.15, 0.2) is 48.5 Å². The van der Waals surface area contributed by atoms with Crippen molar-refractivity contribution in [2.24, 2.45) is 5.92 Å². The molecule has 2 N–H and O–H groups in total. The second-order valence-electron chi connectivity index (χ2n) is 6.14. The van der Waals surface area contributed by atoms with Crippen molar-refractivity contribution in [3.63, 3.8) is 0 Å². The molecule has 150 valence electrons. The van der Waals surface area contributed by atoms with E-state index in [9.17, 15) is 19.2 Å². The summed E-state index contributed by atoms with van der Waals surface area (Å²) in [6.45, 7) is 1.70. The zero-order valence-corrected chi connectivity index (χ0v) is 16.2. The van der Waals surface area contributed by atoms with Gasteiger partial charge in [-0.25, -0.2) is 14.5 Å². The van der Waals surface area contributed by atoms with E-state index in [1.165, 1.54) is 36.4 Å². The minimum Gasteiger partial charge on any atom is -0.462 e. The van der Waals surface area contributed by atoms with Gasteiger partial charge in [-0.1, -0.05) is 23.7 Å². The molecular formula is C20H18ClN3O5. The van der Waals surface area contributed by atoms with Crippen LogP contribution in [-0.2, 0) is 14.3 Å². The molecule has 1 aliphatic heterocycles. The third-order valence-corrected chi connectivity index (χ3v) is 4.51. The van der Waals surface area contributed by atoms with Crippen LogP contribution in [0.5, 0.6) is 0 Å². The van der Waals surface area contributed by atoms with Crippen molar-refractivity contribution in [3.8, 4) is 0 Å². The first-order valence-electron chi connectivity index (χ1n) is 8.86. The lowest BCUT2D eigenvalue weighted by molar-refractivity contribution is -0.130. The number of urea groups is 1. The highest BCUT2D eigenvalue weighted by molar-refractivity contribution is 6.30. The van der Waals surface area contributed by atoms with Crippen molar-refractivity contribution in [3.05, 3.63) is 59.1 Å². The van der Waals surface area contributed by atoms with Crippen LogP contribution >= 0.6 is 11.6 Å². The maximum Gasteiger partial charge on any atom is 0.340 e. The lowest BCUT2D eigenvalue weighted by Crippen LogP contribution is -2.58. The van der Waals surface area contributed by atoms with Gasteiger partial charge in [0.15, 0.2) is 0 Å². The number of rotatable bonds is 5. The second-order valence-corrected chi connectivity index (χ2v) is 6.58. The number of hydrogen-bond donors (Lipinski definition) is 2. The van der Waals surface area contributed by atoms with Crippen LogP contribution in [0.1, 0.15) is 17.3 Å². The number of nitrogens with zero attached hydrogens (tertiary/aromatic N) is 1. The predicted molar refractivity (Wildman–Crippen MR) is 107 cm³/mol. The minimum absolute atomic E-state index is 0.158. The van der Waals surface area contributed by atoms with E-state index in [1.807, 2.05) is 0 Å². The summed E-state index contributed by atoms with van der Waals surface area (Å²) < 4.78 is 4.98. The van der Waals surface area contributed by atoms with Crippen molar-refractivity contribution < 1.29 is 23.9 Å². The molecule has 1 aliphatic rings. The van der Waals surface area contributed by atoms with Crippen molar-refractivity contribution >= 4 is 46.8 Å². The Morgan fingerprint density at radius 3 is 2.55 bits per heavy atom. The predicted octanol–water partition coefficient (Wildman–Crippen LogP) is 2.83. The Morgan fingerprint density at radius 2 is 1.86 bits per heavy atom. The van der Waals surface area contributed by atoms with E-state index in [-0.39, 0.29) is 24.4 Å². The van der Waals surface area contributed by atoms with Gasteiger partial charge in [0, 0.05) is 11.6 Å². The summed E-state index contributed by atoms with van der Waals surface area (Å²) >= 11 is 5.85. The molecule has 0 aliphatic carbocycles. The highest BCUT2D eigenvalue weighted by atomic mass is 35.5.